The molecule has 0 aromatic carbocycles. The van der Waals surface area contributed by atoms with E-state index < -0.39 is 5.60 Å². The van der Waals surface area contributed by atoms with Crippen molar-refractivity contribution in [1.82, 2.24) is 24.4 Å². The van der Waals surface area contributed by atoms with E-state index in [1.54, 1.807) is 23.4 Å². The predicted octanol–water partition coefficient (Wildman–Crippen LogP) is 6.29. The van der Waals surface area contributed by atoms with Crippen molar-refractivity contribution in [2.24, 2.45) is 11.8 Å². The van der Waals surface area contributed by atoms with E-state index in [2.05, 4.69) is 34.4 Å². The summed E-state index contributed by atoms with van der Waals surface area (Å²) in [7, 11) is 0. The number of imidazole rings is 1. The Balaban J connectivity index is 1.57. The number of piperazine rings is 1. The molecular formula is C30H38ClN7O2. The van der Waals surface area contributed by atoms with Crippen LogP contribution < -0.4 is 4.90 Å². The smallest absolute Gasteiger partial charge is 0.410 e. The molecule has 1 unspecified atom stereocenters. The van der Waals surface area contributed by atoms with Crippen LogP contribution in [0.4, 0.5) is 10.7 Å². The molecule has 9 nitrogen and oxygen atoms in total. The number of amides is 1. The van der Waals surface area contributed by atoms with Gasteiger partial charge in [-0.1, -0.05) is 31.4 Å². The molecule has 1 saturated heterocycles. The minimum Gasteiger partial charge on any atom is -0.444 e. The molecule has 1 aliphatic carbocycles. The van der Waals surface area contributed by atoms with Gasteiger partial charge in [-0.05, 0) is 58.4 Å². The molecule has 40 heavy (non-hydrogen) atoms. The molecule has 0 radical (unpaired) electrons. The van der Waals surface area contributed by atoms with Gasteiger partial charge >= 0.3 is 6.09 Å². The zero-order valence-electron chi connectivity index (χ0n) is 24.0. The number of anilines is 1. The number of fused-ring (bicyclic) bond motifs is 1. The van der Waals surface area contributed by atoms with Crippen LogP contribution in [0.25, 0.3) is 22.3 Å². The second-order valence-electron chi connectivity index (χ2n) is 12.3. The highest BCUT2D eigenvalue weighted by Crippen LogP contribution is 2.37. The maximum Gasteiger partial charge on any atom is 0.410 e. The molecule has 5 rings (SSSR count). The van der Waals surface area contributed by atoms with Crippen LogP contribution in [-0.4, -0.2) is 61.8 Å². The Hall–Kier alpha value is -3.38. The second-order valence-corrected chi connectivity index (χ2v) is 12.8. The lowest BCUT2D eigenvalue weighted by molar-refractivity contribution is 0.0217. The van der Waals surface area contributed by atoms with Crippen LogP contribution in [0, 0.1) is 23.2 Å². The summed E-state index contributed by atoms with van der Waals surface area (Å²) < 4.78 is 7.93. The minimum atomic E-state index is -0.542. The molecule has 0 spiro atoms. The third-order valence-corrected chi connectivity index (χ3v) is 8.12. The van der Waals surface area contributed by atoms with Crippen molar-refractivity contribution >= 4 is 34.7 Å². The fourth-order valence-corrected chi connectivity index (χ4v) is 6.03. The lowest BCUT2D eigenvalue weighted by Crippen LogP contribution is -2.55. The Morgan fingerprint density at radius 3 is 2.52 bits per heavy atom. The zero-order valence-corrected chi connectivity index (χ0v) is 24.8. The van der Waals surface area contributed by atoms with Gasteiger partial charge in [-0.2, -0.15) is 5.26 Å². The molecule has 10 heteroatoms. The number of carbonyl (C=O) groups excluding carboxylic acids is 1. The fourth-order valence-electron chi connectivity index (χ4n) is 5.85. The number of nitrogens with zero attached hydrogens (tertiary/aromatic N) is 7. The maximum atomic E-state index is 12.8. The number of rotatable bonds is 4. The van der Waals surface area contributed by atoms with E-state index in [9.17, 15) is 10.1 Å². The number of hydrogen-bond acceptors (Lipinski definition) is 7. The first-order chi connectivity index (χ1) is 19.0. The summed E-state index contributed by atoms with van der Waals surface area (Å²) in [4.78, 5) is 31.0. The van der Waals surface area contributed by atoms with Crippen molar-refractivity contribution in [2.45, 2.75) is 78.5 Å². The third-order valence-electron chi connectivity index (χ3n) is 7.91. The van der Waals surface area contributed by atoms with Crippen molar-refractivity contribution in [2.75, 3.05) is 24.5 Å². The summed E-state index contributed by atoms with van der Waals surface area (Å²) in [6.07, 6.45) is 7.81. The predicted molar refractivity (Wildman–Crippen MR) is 156 cm³/mol. The van der Waals surface area contributed by atoms with E-state index in [4.69, 9.17) is 26.3 Å². The van der Waals surface area contributed by atoms with Gasteiger partial charge in [-0.3, -0.25) is 4.98 Å². The molecule has 0 N–H and O–H groups in total. The maximum absolute atomic E-state index is 12.8. The van der Waals surface area contributed by atoms with E-state index in [0.717, 1.165) is 35.0 Å². The summed E-state index contributed by atoms with van der Waals surface area (Å²) in [5.41, 5.74) is 2.78. The molecule has 2 aliphatic rings. The van der Waals surface area contributed by atoms with E-state index >= 15 is 0 Å². The number of hydrogen-bond donors (Lipinski definition) is 0. The van der Waals surface area contributed by atoms with Gasteiger partial charge in [0.25, 0.3) is 0 Å². The van der Waals surface area contributed by atoms with Gasteiger partial charge in [0, 0.05) is 56.2 Å². The zero-order chi connectivity index (χ0) is 28.6. The van der Waals surface area contributed by atoms with Gasteiger partial charge in [0.05, 0.1) is 21.7 Å². The first-order valence-electron chi connectivity index (χ1n) is 14.2. The lowest BCUT2D eigenvalue weighted by atomic mass is 9.83. The van der Waals surface area contributed by atoms with Crippen molar-refractivity contribution in [3.63, 3.8) is 0 Å². The quantitative estimate of drug-likeness (QED) is 0.367. The number of halogens is 1. The van der Waals surface area contributed by atoms with E-state index in [-0.39, 0.29) is 12.1 Å². The SMILES string of the molecule is CC1CCC(Cn2c(N3CCN(C(=O)OC(C)(C)C)CC3C)nc3cc(C#N)nc(-c4cncc(Cl)c4)c32)CC1. The van der Waals surface area contributed by atoms with Crippen LogP contribution in [0.5, 0.6) is 0 Å². The number of aromatic nitrogens is 4. The van der Waals surface area contributed by atoms with Crippen molar-refractivity contribution < 1.29 is 9.53 Å². The number of ether oxygens (including phenoxy) is 1. The van der Waals surface area contributed by atoms with Gasteiger partial charge in [0.15, 0.2) is 0 Å². The average molecular weight is 564 g/mol. The lowest BCUT2D eigenvalue weighted by Gasteiger charge is -2.41. The van der Waals surface area contributed by atoms with Gasteiger partial charge in [-0.25, -0.2) is 14.8 Å². The third kappa shape index (κ3) is 6.02. The van der Waals surface area contributed by atoms with Gasteiger partial charge in [0.1, 0.15) is 17.4 Å². The first kappa shape index (κ1) is 28.2. The average Bonchev–Trinajstić information content (AvgIpc) is 3.26. The van der Waals surface area contributed by atoms with Crippen molar-refractivity contribution in [3.8, 4) is 17.3 Å². The summed E-state index contributed by atoms with van der Waals surface area (Å²) in [5.74, 6) is 2.12. The normalized spacial score (nSPS) is 21.9. The second kappa shape index (κ2) is 11.2. The molecule has 1 saturated carbocycles. The van der Waals surface area contributed by atoms with Crippen LogP contribution in [0.3, 0.4) is 0 Å². The van der Waals surface area contributed by atoms with Crippen molar-refractivity contribution in [1.29, 1.82) is 5.26 Å². The number of carbonyl (C=O) groups is 1. The van der Waals surface area contributed by atoms with Crippen LogP contribution in [0.1, 0.15) is 66.0 Å². The molecule has 0 bridgehead atoms. The molecule has 3 aromatic heterocycles. The molecule has 212 valence electrons. The summed E-state index contributed by atoms with van der Waals surface area (Å²) >= 11 is 6.33. The summed E-state index contributed by atoms with van der Waals surface area (Å²) in [5, 5.41) is 10.3. The number of pyridine rings is 2. The topological polar surface area (TPSA) is 100 Å². The molecule has 1 atom stereocenters. The molecular weight excluding hydrogens is 526 g/mol. The van der Waals surface area contributed by atoms with Crippen molar-refractivity contribution in [3.05, 3.63) is 35.2 Å². The van der Waals surface area contributed by atoms with Gasteiger partial charge in [0.2, 0.25) is 5.95 Å². The van der Waals surface area contributed by atoms with E-state index in [1.807, 2.05) is 26.8 Å². The molecule has 3 aromatic rings. The van der Waals surface area contributed by atoms with E-state index in [1.165, 1.54) is 25.7 Å². The highest BCUT2D eigenvalue weighted by Gasteiger charge is 2.33. The summed E-state index contributed by atoms with van der Waals surface area (Å²) in [6.45, 7) is 12.6. The van der Waals surface area contributed by atoms with Crippen LogP contribution >= 0.6 is 11.6 Å². The standard InChI is InChI=1S/C30H38ClN7O2/c1-19-6-8-21(9-7-19)18-38-27-25(13-24(14-32)34-26(27)22-12-23(31)16-33-15-22)35-28(38)37-11-10-36(17-20(37)2)29(39)40-30(3,4)5/h12-13,15-16,19-21H,6-11,17-18H2,1-5H3. The fraction of sp³-hybridized carbons (Fsp3) is 0.567. The molecule has 2 fully saturated rings. The number of nitriles is 1. The summed E-state index contributed by atoms with van der Waals surface area (Å²) in [6, 6.07) is 5.81. The molecule has 1 aliphatic heterocycles. The molecule has 4 heterocycles. The molecule has 1 amide bonds. The minimum absolute atomic E-state index is 0.0166. The Morgan fingerprint density at radius 1 is 1.12 bits per heavy atom. The van der Waals surface area contributed by atoms with Gasteiger partial charge < -0.3 is 19.1 Å². The Morgan fingerprint density at radius 2 is 1.88 bits per heavy atom. The van der Waals surface area contributed by atoms with Crippen LogP contribution in [-0.2, 0) is 11.3 Å². The highest BCUT2D eigenvalue weighted by molar-refractivity contribution is 6.30. The Bertz CT molecular complexity index is 1430. The Kier molecular flexibility index (Phi) is 7.92. The van der Waals surface area contributed by atoms with E-state index in [0.29, 0.717) is 42.0 Å². The van der Waals surface area contributed by atoms with Crippen LogP contribution in [0.15, 0.2) is 24.5 Å². The monoisotopic (exact) mass is 563 g/mol. The first-order valence-corrected chi connectivity index (χ1v) is 14.6. The van der Waals surface area contributed by atoms with Gasteiger partial charge in [-0.15, -0.1) is 0 Å². The highest BCUT2D eigenvalue weighted by atomic mass is 35.5. The van der Waals surface area contributed by atoms with Crippen LogP contribution in [0.2, 0.25) is 5.02 Å². The Labute approximate surface area is 241 Å². The largest absolute Gasteiger partial charge is 0.444 e.